The summed E-state index contributed by atoms with van der Waals surface area (Å²) in [6.45, 7) is 6.31. The largest absolute Gasteiger partial charge is 0.486 e. The third-order valence-corrected chi connectivity index (χ3v) is 7.48. The van der Waals surface area contributed by atoms with Crippen molar-refractivity contribution in [2.24, 2.45) is 0 Å². The number of rotatable bonds is 3. The first-order valence-corrected chi connectivity index (χ1v) is 11.4. The topological polar surface area (TPSA) is 18.5 Å². The Bertz CT molecular complexity index is 560. The summed E-state index contributed by atoms with van der Waals surface area (Å²) in [5, 5.41) is 1.50. The van der Waals surface area contributed by atoms with Gasteiger partial charge in [0.1, 0.15) is 8.07 Å². The average molecular weight is 312 g/mol. The summed E-state index contributed by atoms with van der Waals surface area (Å²) in [6, 6.07) is 11.0. The minimum Gasteiger partial charge on any atom is -0.405 e. The van der Waals surface area contributed by atoms with Crippen molar-refractivity contribution in [2.75, 3.05) is 13.2 Å². The van der Waals surface area contributed by atoms with Crippen molar-refractivity contribution in [2.45, 2.75) is 38.8 Å². The molecule has 0 atom stereocenters. The van der Waals surface area contributed by atoms with Gasteiger partial charge in [-0.15, -0.1) is 0 Å². The first-order chi connectivity index (χ1) is 10.6. The zero-order chi connectivity index (χ0) is 15.4. The molecule has 0 bridgehead atoms. The molecule has 0 N–H and O–H groups in total. The monoisotopic (exact) mass is 312 g/mol. The second kappa shape index (κ2) is 6.99. The minimum absolute atomic E-state index is 0.127. The van der Waals surface area contributed by atoms with Crippen molar-refractivity contribution in [1.29, 1.82) is 0 Å². The molecular formula is C18H25BO2Si. The van der Waals surface area contributed by atoms with Crippen LogP contribution in [0.4, 0.5) is 0 Å². The van der Waals surface area contributed by atoms with Crippen LogP contribution >= 0.6 is 0 Å². The van der Waals surface area contributed by atoms with E-state index in [-0.39, 0.29) is 7.12 Å². The highest BCUT2D eigenvalue weighted by Crippen LogP contribution is 2.30. The van der Waals surface area contributed by atoms with E-state index in [1.807, 2.05) is 0 Å². The second-order valence-electron chi connectivity index (χ2n) is 6.77. The Morgan fingerprint density at radius 3 is 2.27 bits per heavy atom. The molecule has 1 saturated carbocycles. The Hall–Kier alpha value is -1.10. The van der Waals surface area contributed by atoms with Gasteiger partial charge in [-0.3, -0.25) is 0 Å². The maximum Gasteiger partial charge on any atom is 0.486 e. The van der Waals surface area contributed by atoms with Crippen LogP contribution < -0.4 is 5.19 Å². The second-order valence-corrected chi connectivity index (χ2v) is 11.1. The Morgan fingerprint density at radius 1 is 0.955 bits per heavy atom. The van der Waals surface area contributed by atoms with Gasteiger partial charge in [0.25, 0.3) is 0 Å². The quantitative estimate of drug-likeness (QED) is 0.793. The lowest BCUT2D eigenvalue weighted by molar-refractivity contribution is 0.365. The van der Waals surface area contributed by atoms with Gasteiger partial charge in [0.15, 0.2) is 0 Å². The highest BCUT2D eigenvalue weighted by molar-refractivity contribution is 6.94. The van der Waals surface area contributed by atoms with E-state index in [4.69, 9.17) is 9.31 Å². The van der Waals surface area contributed by atoms with Gasteiger partial charge in [0, 0.05) is 0 Å². The summed E-state index contributed by atoms with van der Waals surface area (Å²) in [5.41, 5.74) is 5.57. The van der Waals surface area contributed by atoms with Crippen molar-refractivity contribution < 1.29 is 9.31 Å². The third-order valence-electron chi connectivity index (χ3n) is 4.59. The summed E-state index contributed by atoms with van der Waals surface area (Å²) in [6.07, 6.45) is 4.94. The molecule has 1 heterocycles. The molecule has 0 radical (unpaired) electrons. The summed E-state index contributed by atoms with van der Waals surface area (Å²) < 4.78 is 11.2. The Kier molecular flexibility index (Phi) is 5.01. The summed E-state index contributed by atoms with van der Waals surface area (Å²) >= 11 is 0. The van der Waals surface area contributed by atoms with E-state index in [0.29, 0.717) is 0 Å². The fraction of sp³-hybridized carbons (Fsp3) is 0.444. The zero-order valence-corrected chi connectivity index (χ0v) is 14.7. The van der Waals surface area contributed by atoms with Crippen molar-refractivity contribution in [1.82, 2.24) is 0 Å². The first-order valence-electron chi connectivity index (χ1n) is 8.37. The standard InChI is InChI=1S/C18H25BO2Si/c1-22(2,18-10-4-3-5-11-18)15-17-9-7-6-8-16(17)14-19-20-12-13-21-19/h3-5,10-11,14-15H,6-9,12-13H2,1-2H3/b16-14-,17-15-. The molecule has 22 heavy (non-hydrogen) atoms. The molecule has 0 aromatic heterocycles. The molecule has 2 aliphatic rings. The van der Waals surface area contributed by atoms with Crippen LogP contribution in [0.2, 0.25) is 13.1 Å². The van der Waals surface area contributed by atoms with Crippen LogP contribution in [0.5, 0.6) is 0 Å². The van der Waals surface area contributed by atoms with Crippen molar-refractivity contribution in [3.05, 3.63) is 53.2 Å². The van der Waals surface area contributed by atoms with Crippen molar-refractivity contribution in [3.63, 3.8) is 0 Å². The van der Waals surface area contributed by atoms with Crippen LogP contribution in [0.3, 0.4) is 0 Å². The summed E-state index contributed by atoms with van der Waals surface area (Å²) in [4.78, 5) is 0. The molecule has 1 saturated heterocycles. The fourth-order valence-corrected chi connectivity index (χ4v) is 5.75. The SMILES string of the molecule is C[Si](C)(/C=C1/CCCC/C1=C/B1OCCO1)c1ccccc1. The highest BCUT2D eigenvalue weighted by Gasteiger charge is 2.26. The predicted octanol–water partition coefficient (Wildman–Crippen LogP) is 3.64. The average Bonchev–Trinajstić information content (AvgIpc) is 3.03. The van der Waals surface area contributed by atoms with E-state index < -0.39 is 8.07 Å². The number of allylic oxidation sites excluding steroid dienone is 2. The third kappa shape index (κ3) is 3.80. The van der Waals surface area contributed by atoms with Crippen LogP contribution in [0.15, 0.2) is 53.2 Å². The Balaban J connectivity index is 1.86. The Morgan fingerprint density at radius 2 is 1.59 bits per heavy atom. The molecule has 0 spiro atoms. The molecule has 1 aliphatic heterocycles. The van der Waals surface area contributed by atoms with Crippen molar-refractivity contribution in [3.8, 4) is 0 Å². The molecule has 0 amide bonds. The van der Waals surface area contributed by atoms with Gasteiger partial charge in [-0.25, -0.2) is 0 Å². The van der Waals surface area contributed by atoms with Gasteiger partial charge in [0.2, 0.25) is 0 Å². The van der Waals surface area contributed by atoms with Crippen LogP contribution in [-0.2, 0) is 9.31 Å². The lowest BCUT2D eigenvalue weighted by Crippen LogP contribution is -2.40. The van der Waals surface area contributed by atoms with Crippen LogP contribution in [-0.4, -0.2) is 28.4 Å². The molecule has 4 heteroatoms. The molecule has 1 aromatic rings. The van der Waals surface area contributed by atoms with Gasteiger partial charge < -0.3 is 9.31 Å². The van der Waals surface area contributed by atoms with Crippen LogP contribution in [0, 0.1) is 0 Å². The molecule has 2 fully saturated rings. The lowest BCUT2D eigenvalue weighted by Gasteiger charge is -2.25. The van der Waals surface area contributed by atoms with Gasteiger partial charge in [0.05, 0.1) is 13.2 Å². The smallest absolute Gasteiger partial charge is 0.405 e. The van der Waals surface area contributed by atoms with E-state index in [9.17, 15) is 0 Å². The molecule has 3 rings (SSSR count). The lowest BCUT2D eigenvalue weighted by atomic mass is 9.80. The maximum atomic E-state index is 5.60. The molecule has 1 aromatic carbocycles. The summed E-state index contributed by atoms with van der Waals surface area (Å²) in [7, 11) is -1.68. The van der Waals surface area contributed by atoms with E-state index in [0.717, 1.165) is 19.6 Å². The van der Waals surface area contributed by atoms with Gasteiger partial charge in [-0.1, -0.05) is 71.4 Å². The van der Waals surface area contributed by atoms with E-state index in [1.165, 1.54) is 35.6 Å². The molecule has 116 valence electrons. The van der Waals surface area contributed by atoms with E-state index in [2.05, 4.69) is 55.1 Å². The fourth-order valence-electron chi connectivity index (χ4n) is 3.33. The molecular weight excluding hydrogens is 287 g/mol. The predicted molar refractivity (Wildman–Crippen MR) is 95.9 cm³/mol. The minimum atomic E-state index is -1.55. The van der Waals surface area contributed by atoms with Gasteiger partial charge >= 0.3 is 7.12 Å². The van der Waals surface area contributed by atoms with E-state index in [1.54, 1.807) is 0 Å². The van der Waals surface area contributed by atoms with Gasteiger partial charge in [-0.05, 0) is 25.7 Å². The molecule has 1 aliphatic carbocycles. The Labute approximate surface area is 135 Å². The number of benzene rings is 1. The normalized spacial score (nSPS) is 23.5. The molecule has 2 nitrogen and oxygen atoms in total. The van der Waals surface area contributed by atoms with Crippen LogP contribution in [0.1, 0.15) is 25.7 Å². The first kappa shape index (κ1) is 15.8. The van der Waals surface area contributed by atoms with Crippen molar-refractivity contribution >= 4 is 20.4 Å². The highest BCUT2D eigenvalue weighted by atomic mass is 28.3. The molecule has 0 unspecified atom stereocenters. The number of hydrogen-bond donors (Lipinski definition) is 0. The maximum absolute atomic E-state index is 5.60. The number of hydrogen-bond acceptors (Lipinski definition) is 2. The van der Waals surface area contributed by atoms with Crippen LogP contribution in [0.25, 0.3) is 0 Å². The summed E-state index contributed by atoms with van der Waals surface area (Å²) in [5.74, 6) is 2.22. The van der Waals surface area contributed by atoms with Gasteiger partial charge in [-0.2, -0.15) is 0 Å². The zero-order valence-electron chi connectivity index (χ0n) is 13.7. The van der Waals surface area contributed by atoms with E-state index >= 15 is 0 Å².